The van der Waals surface area contributed by atoms with Crippen LogP contribution in [0.4, 0.5) is 11.4 Å². The Morgan fingerprint density at radius 3 is 2.08 bits per heavy atom. The molecule has 0 aromatic heterocycles. The molecule has 0 radical (unpaired) electrons. The second kappa shape index (κ2) is 11.3. The minimum atomic E-state index is -3.63. The number of carbonyl (C=O) groups is 1. The van der Waals surface area contributed by atoms with Gasteiger partial charge in [-0.2, -0.15) is 0 Å². The monoisotopic (exact) mass is 555 g/mol. The summed E-state index contributed by atoms with van der Waals surface area (Å²) in [6.07, 6.45) is 2.93. The molecule has 1 heterocycles. The molecule has 1 amide bonds. The van der Waals surface area contributed by atoms with Crippen LogP contribution in [0.5, 0.6) is 0 Å². The lowest BCUT2D eigenvalue weighted by Gasteiger charge is -2.47. The van der Waals surface area contributed by atoms with E-state index in [1.807, 2.05) is 62.4 Å². The summed E-state index contributed by atoms with van der Waals surface area (Å²) in [4.78, 5) is 15.2. The summed E-state index contributed by atoms with van der Waals surface area (Å²) in [5, 5.41) is 0. The summed E-state index contributed by atoms with van der Waals surface area (Å²) in [6, 6.07) is 21.3. The number of benzene rings is 3. The molecule has 2 atom stereocenters. The molecule has 1 fully saturated rings. The molecule has 1 saturated heterocycles. The van der Waals surface area contributed by atoms with Gasteiger partial charge in [0.05, 0.1) is 23.1 Å². The van der Waals surface area contributed by atoms with Crippen LogP contribution >= 0.6 is 0 Å². The summed E-state index contributed by atoms with van der Waals surface area (Å²) in [7, 11) is -7.03. The topological polar surface area (TPSA) is 113 Å². The Labute approximate surface area is 225 Å². The number of β-lactam (4-membered cyclic amide) rings is 1. The fourth-order valence-electron chi connectivity index (χ4n) is 4.68. The fourth-order valence-corrected chi connectivity index (χ4v) is 6.32. The van der Waals surface area contributed by atoms with E-state index in [2.05, 4.69) is 9.44 Å². The molecule has 1 aliphatic heterocycles. The molecular formula is C28H33N3O5S2. The summed E-state index contributed by atoms with van der Waals surface area (Å²) in [5.41, 5.74) is 4.27. The van der Waals surface area contributed by atoms with Gasteiger partial charge in [-0.15, -0.1) is 0 Å². The smallest absolute Gasteiger partial charge is 0.240 e. The maximum atomic E-state index is 13.3. The molecule has 0 unspecified atom stereocenters. The van der Waals surface area contributed by atoms with Crippen molar-refractivity contribution in [1.82, 2.24) is 4.72 Å². The third-order valence-corrected chi connectivity index (χ3v) is 8.79. The number of sulfonamides is 2. The van der Waals surface area contributed by atoms with Crippen molar-refractivity contribution in [2.24, 2.45) is 5.92 Å². The lowest BCUT2D eigenvalue weighted by Crippen LogP contribution is -2.55. The van der Waals surface area contributed by atoms with Crippen molar-refractivity contribution in [1.29, 1.82) is 0 Å². The van der Waals surface area contributed by atoms with Gasteiger partial charge in [0.1, 0.15) is 0 Å². The lowest BCUT2D eigenvalue weighted by atomic mass is 9.79. The first-order valence-corrected chi connectivity index (χ1v) is 15.9. The van der Waals surface area contributed by atoms with Gasteiger partial charge in [0, 0.05) is 17.9 Å². The van der Waals surface area contributed by atoms with Gasteiger partial charge in [-0.05, 0) is 73.7 Å². The maximum absolute atomic E-state index is 13.3. The van der Waals surface area contributed by atoms with Crippen molar-refractivity contribution >= 4 is 37.3 Å². The van der Waals surface area contributed by atoms with Gasteiger partial charge >= 0.3 is 0 Å². The van der Waals surface area contributed by atoms with Crippen molar-refractivity contribution in [3.05, 3.63) is 89.5 Å². The normalized spacial score (nSPS) is 17.8. The third kappa shape index (κ3) is 6.43. The van der Waals surface area contributed by atoms with Crippen LogP contribution in [0.1, 0.15) is 42.5 Å². The first kappa shape index (κ1) is 27.8. The number of nitrogens with zero attached hydrogens (tertiary/aromatic N) is 1. The number of hydrogen-bond acceptors (Lipinski definition) is 5. The minimum Gasteiger partial charge on any atom is -0.304 e. The Balaban J connectivity index is 1.46. The molecule has 10 heteroatoms. The zero-order chi connectivity index (χ0) is 27.5. The fraction of sp³-hybridized carbons (Fsp3) is 0.321. The highest BCUT2D eigenvalue weighted by atomic mass is 32.2. The summed E-state index contributed by atoms with van der Waals surface area (Å²) >= 11 is 0. The minimum absolute atomic E-state index is 0.0183. The van der Waals surface area contributed by atoms with Crippen molar-refractivity contribution in [2.75, 3.05) is 22.4 Å². The van der Waals surface area contributed by atoms with Crippen molar-refractivity contribution in [3.8, 4) is 0 Å². The quantitative estimate of drug-likeness (QED) is 0.269. The van der Waals surface area contributed by atoms with Gasteiger partial charge in [0.25, 0.3) is 0 Å². The molecule has 3 aromatic carbocycles. The Hall–Kier alpha value is -3.21. The number of anilines is 2. The highest BCUT2D eigenvalue weighted by Crippen LogP contribution is 2.45. The average molecular weight is 556 g/mol. The molecule has 4 rings (SSSR count). The van der Waals surface area contributed by atoms with E-state index in [0.29, 0.717) is 18.5 Å². The zero-order valence-corrected chi connectivity index (χ0v) is 23.3. The van der Waals surface area contributed by atoms with E-state index in [-0.39, 0.29) is 29.3 Å². The highest BCUT2D eigenvalue weighted by molar-refractivity contribution is 7.92. The first-order chi connectivity index (χ1) is 18.0. The molecule has 38 heavy (non-hydrogen) atoms. The van der Waals surface area contributed by atoms with E-state index in [4.69, 9.17) is 0 Å². The van der Waals surface area contributed by atoms with Crippen LogP contribution in [0.2, 0.25) is 0 Å². The van der Waals surface area contributed by atoms with Gasteiger partial charge in [-0.3, -0.25) is 9.52 Å². The molecule has 2 N–H and O–H groups in total. The van der Waals surface area contributed by atoms with Crippen LogP contribution in [0.15, 0.2) is 77.7 Å². The van der Waals surface area contributed by atoms with E-state index >= 15 is 0 Å². The SMILES string of the molecule is CCc1ccc(S(=O)(=O)NCCC[C@H]2C(=O)N(c3ccc(C)cc3)[C@@H]2c2ccc(NS(C)(=O)=O)cc2)cc1. The van der Waals surface area contributed by atoms with Crippen molar-refractivity contribution in [2.45, 2.75) is 44.0 Å². The van der Waals surface area contributed by atoms with Crippen molar-refractivity contribution < 1.29 is 21.6 Å². The number of amides is 1. The van der Waals surface area contributed by atoms with E-state index < -0.39 is 20.0 Å². The predicted octanol–water partition coefficient (Wildman–Crippen LogP) is 4.39. The largest absolute Gasteiger partial charge is 0.304 e. The van der Waals surface area contributed by atoms with Crippen LogP contribution in [0, 0.1) is 12.8 Å². The Morgan fingerprint density at radius 2 is 1.50 bits per heavy atom. The number of carbonyl (C=O) groups excluding carboxylic acids is 1. The Kier molecular flexibility index (Phi) is 8.25. The van der Waals surface area contributed by atoms with Gasteiger partial charge < -0.3 is 4.90 Å². The zero-order valence-electron chi connectivity index (χ0n) is 21.7. The summed E-state index contributed by atoms with van der Waals surface area (Å²) < 4.78 is 53.6. The summed E-state index contributed by atoms with van der Waals surface area (Å²) in [5.74, 6) is -0.339. The molecule has 0 aliphatic carbocycles. The second-order valence-corrected chi connectivity index (χ2v) is 13.1. The summed E-state index contributed by atoms with van der Waals surface area (Å²) in [6.45, 7) is 4.21. The van der Waals surface area contributed by atoms with Gasteiger partial charge in [0.2, 0.25) is 26.0 Å². The molecule has 0 spiro atoms. The molecule has 0 saturated carbocycles. The van der Waals surface area contributed by atoms with Crippen LogP contribution in [0.3, 0.4) is 0 Å². The molecule has 3 aromatic rings. The standard InChI is InChI=1S/C28H33N3O5S2/c1-4-21-9-17-25(18-10-21)38(35,36)29-19-5-6-26-27(22-11-13-23(14-12-22)30-37(3,33)34)31(28(26)32)24-15-7-20(2)8-16-24/h7-18,26-27,29-30H,4-6,19H2,1-3H3/t26-,27-/m1/s1. The predicted molar refractivity (Wildman–Crippen MR) is 150 cm³/mol. The molecule has 0 bridgehead atoms. The average Bonchev–Trinajstić information content (AvgIpc) is 2.87. The number of hydrogen-bond donors (Lipinski definition) is 2. The van der Waals surface area contributed by atoms with Gasteiger partial charge in [0.15, 0.2) is 0 Å². The van der Waals surface area contributed by atoms with Crippen molar-refractivity contribution in [3.63, 3.8) is 0 Å². The Bertz CT molecular complexity index is 1490. The molecular weight excluding hydrogens is 522 g/mol. The molecule has 202 valence electrons. The second-order valence-electron chi connectivity index (χ2n) is 9.63. The number of nitrogens with one attached hydrogen (secondary N) is 2. The highest BCUT2D eigenvalue weighted by Gasteiger charge is 2.48. The van der Waals surface area contributed by atoms with Gasteiger partial charge in [-0.25, -0.2) is 21.6 Å². The number of aryl methyl sites for hydroxylation is 2. The van der Waals surface area contributed by atoms with E-state index in [1.165, 1.54) is 0 Å². The molecule has 8 nitrogen and oxygen atoms in total. The lowest BCUT2D eigenvalue weighted by molar-refractivity contribution is -0.130. The first-order valence-electron chi connectivity index (χ1n) is 12.5. The maximum Gasteiger partial charge on any atom is 0.240 e. The van der Waals surface area contributed by atoms with Crippen LogP contribution < -0.4 is 14.3 Å². The molecule has 1 aliphatic rings. The van der Waals surface area contributed by atoms with E-state index in [1.54, 1.807) is 29.2 Å². The van der Waals surface area contributed by atoms with Crippen LogP contribution in [-0.4, -0.2) is 35.5 Å². The van der Waals surface area contributed by atoms with E-state index in [9.17, 15) is 21.6 Å². The Morgan fingerprint density at radius 1 is 0.868 bits per heavy atom. The van der Waals surface area contributed by atoms with Crippen LogP contribution in [0.25, 0.3) is 0 Å². The third-order valence-electron chi connectivity index (χ3n) is 6.71. The van der Waals surface area contributed by atoms with Crippen LogP contribution in [-0.2, 0) is 31.3 Å². The van der Waals surface area contributed by atoms with E-state index in [0.717, 1.165) is 35.1 Å². The number of rotatable bonds is 11. The van der Waals surface area contributed by atoms with Gasteiger partial charge in [-0.1, -0.05) is 48.9 Å².